The maximum atomic E-state index is 13.6. The lowest BCUT2D eigenvalue weighted by Crippen LogP contribution is -2.45. The molecule has 1 atom stereocenters. The molecule has 18 heavy (non-hydrogen) atoms. The van der Waals surface area contributed by atoms with Gasteiger partial charge in [0.25, 0.3) is 5.91 Å². The predicted molar refractivity (Wildman–Crippen MR) is 74.5 cm³/mol. The molecule has 1 aliphatic rings. The number of carbonyl (C=O) groups is 1. The molecule has 1 aliphatic heterocycles. The van der Waals surface area contributed by atoms with Gasteiger partial charge in [0.05, 0.1) is 5.56 Å². The Labute approximate surface area is 120 Å². The number of nitrogens with zero attached hydrogens (tertiary/aromatic N) is 1. The first-order chi connectivity index (χ1) is 8.08. The van der Waals surface area contributed by atoms with Crippen molar-refractivity contribution in [1.82, 2.24) is 4.90 Å². The number of halogens is 3. The number of nitrogens with two attached hydrogens (primary N) is 1. The molecule has 1 saturated heterocycles. The van der Waals surface area contributed by atoms with E-state index in [1.165, 1.54) is 12.1 Å². The van der Waals surface area contributed by atoms with E-state index in [4.69, 9.17) is 5.73 Å². The number of hydrogen-bond acceptors (Lipinski definition) is 2. The first kappa shape index (κ1) is 15.4. The average molecular weight is 338 g/mol. The third-order valence-electron chi connectivity index (χ3n) is 2.91. The van der Waals surface area contributed by atoms with Gasteiger partial charge < -0.3 is 10.6 Å². The third-order valence-corrected chi connectivity index (χ3v) is 3.40. The molecule has 0 aliphatic carbocycles. The van der Waals surface area contributed by atoms with Crippen molar-refractivity contribution in [3.05, 3.63) is 34.1 Å². The Balaban J connectivity index is 0.00000162. The summed E-state index contributed by atoms with van der Waals surface area (Å²) in [7, 11) is 0. The molecular formula is C12H15BrClFN2O. The minimum Gasteiger partial charge on any atom is -0.337 e. The quantitative estimate of drug-likeness (QED) is 0.856. The van der Waals surface area contributed by atoms with E-state index in [9.17, 15) is 9.18 Å². The topological polar surface area (TPSA) is 46.3 Å². The van der Waals surface area contributed by atoms with Crippen LogP contribution in [0, 0.1) is 5.82 Å². The van der Waals surface area contributed by atoms with E-state index in [-0.39, 0.29) is 29.9 Å². The summed E-state index contributed by atoms with van der Waals surface area (Å²) in [4.78, 5) is 13.7. The van der Waals surface area contributed by atoms with Crippen molar-refractivity contribution in [3.8, 4) is 0 Å². The molecule has 0 aromatic heterocycles. The van der Waals surface area contributed by atoms with Gasteiger partial charge in [-0.05, 0) is 31.0 Å². The zero-order valence-corrected chi connectivity index (χ0v) is 12.1. The van der Waals surface area contributed by atoms with E-state index in [1.807, 2.05) is 0 Å². The van der Waals surface area contributed by atoms with Crippen molar-refractivity contribution < 1.29 is 9.18 Å². The van der Waals surface area contributed by atoms with Crippen LogP contribution in [0.2, 0.25) is 0 Å². The Kier molecular flexibility index (Phi) is 5.56. The van der Waals surface area contributed by atoms with Crippen molar-refractivity contribution in [2.75, 3.05) is 13.1 Å². The summed E-state index contributed by atoms with van der Waals surface area (Å²) in [6.45, 7) is 1.16. The maximum absolute atomic E-state index is 13.6. The number of likely N-dealkylation sites (tertiary alicyclic amines) is 1. The molecule has 0 spiro atoms. The van der Waals surface area contributed by atoms with E-state index in [0.29, 0.717) is 17.6 Å². The summed E-state index contributed by atoms with van der Waals surface area (Å²) in [6.07, 6.45) is 1.80. The molecule has 0 unspecified atom stereocenters. The highest BCUT2D eigenvalue weighted by Gasteiger charge is 2.24. The summed E-state index contributed by atoms with van der Waals surface area (Å²) in [5.74, 6) is -0.770. The first-order valence-corrected chi connectivity index (χ1v) is 6.37. The molecule has 1 amide bonds. The third kappa shape index (κ3) is 3.43. The van der Waals surface area contributed by atoms with Gasteiger partial charge in [0, 0.05) is 23.6 Å². The lowest BCUT2D eigenvalue weighted by atomic mass is 10.1. The zero-order valence-electron chi connectivity index (χ0n) is 9.73. The Bertz CT molecular complexity index is 444. The Hall–Kier alpha value is -0.650. The van der Waals surface area contributed by atoms with E-state index in [2.05, 4.69) is 15.9 Å². The lowest BCUT2D eigenvalue weighted by molar-refractivity contribution is 0.0704. The van der Waals surface area contributed by atoms with Gasteiger partial charge in [-0.1, -0.05) is 15.9 Å². The molecule has 6 heteroatoms. The fraction of sp³-hybridized carbons (Fsp3) is 0.417. The predicted octanol–water partition coefficient (Wildman–Crippen LogP) is 2.57. The number of carbonyl (C=O) groups excluding carboxylic acids is 1. The Morgan fingerprint density at radius 2 is 2.22 bits per heavy atom. The minimum absolute atomic E-state index is 0. The standard InChI is InChI=1S/C12H14BrFN2O.ClH/c13-8-3-4-10(11(14)6-8)12(17)16-5-1-2-9(15)7-16;/h3-4,6,9H,1-2,5,7,15H2;1H/t9-;/m1./s1. The van der Waals surface area contributed by atoms with E-state index in [0.717, 1.165) is 12.8 Å². The monoisotopic (exact) mass is 336 g/mol. The van der Waals surface area contributed by atoms with Crippen molar-refractivity contribution in [2.45, 2.75) is 18.9 Å². The molecule has 0 bridgehead atoms. The summed E-state index contributed by atoms with van der Waals surface area (Å²) in [5, 5.41) is 0. The second-order valence-electron chi connectivity index (χ2n) is 4.28. The molecule has 100 valence electrons. The fourth-order valence-electron chi connectivity index (χ4n) is 2.03. The van der Waals surface area contributed by atoms with Crippen LogP contribution in [0.3, 0.4) is 0 Å². The first-order valence-electron chi connectivity index (χ1n) is 5.58. The van der Waals surface area contributed by atoms with Crippen molar-refractivity contribution >= 4 is 34.2 Å². The van der Waals surface area contributed by atoms with Crippen molar-refractivity contribution in [2.24, 2.45) is 5.73 Å². The highest BCUT2D eigenvalue weighted by atomic mass is 79.9. The molecule has 2 N–H and O–H groups in total. The molecule has 0 radical (unpaired) electrons. The summed E-state index contributed by atoms with van der Waals surface area (Å²) >= 11 is 3.17. The van der Waals surface area contributed by atoms with Crippen LogP contribution in [0.1, 0.15) is 23.2 Å². The Morgan fingerprint density at radius 1 is 1.50 bits per heavy atom. The number of hydrogen-bond donors (Lipinski definition) is 1. The molecule has 2 rings (SSSR count). The number of piperidine rings is 1. The molecule has 3 nitrogen and oxygen atoms in total. The molecule has 1 aromatic rings. The lowest BCUT2D eigenvalue weighted by Gasteiger charge is -2.30. The maximum Gasteiger partial charge on any atom is 0.256 e. The number of rotatable bonds is 1. The largest absolute Gasteiger partial charge is 0.337 e. The molecule has 1 fully saturated rings. The highest BCUT2D eigenvalue weighted by Crippen LogP contribution is 2.18. The van der Waals surface area contributed by atoms with Gasteiger partial charge in [0.2, 0.25) is 0 Å². The van der Waals surface area contributed by atoms with Crippen LogP contribution < -0.4 is 5.73 Å². The SMILES string of the molecule is Cl.N[C@@H]1CCCN(C(=O)c2ccc(Br)cc2F)C1. The second kappa shape index (κ2) is 6.50. The van der Waals surface area contributed by atoms with Gasteiger partial charge in [-0.15, -0.1) is 12.4 Å². The fourth-order valence-corrected chi connectivity index (χ4v) is 2.36. The highest BCUT2D eigenvalue weighted by molar-refractivity contribution is 9.10. The molecular weight excluding hydrogens is 322 g/mol. The van der Waals surface area contributed by atoms with Crippen LogP contribution in [-0.4, -0.2) is 29.9 Å². The van der Waals surface area contributed by atoms with E-state index in [1.54, 1.807) is 11.0 Å². The summed E-state index contributed by atoms with van der Waals surface area (Å²) < 4.78 is 14.3. The van der Waals surface area contributed by atoms with Crippen LogP contribution in [0.4, 0.5) is 4.39 Å². The second-order valence-corrected chi connectivity index (χ2v) is 5.19. The molecule has 0 saturated carbocycles. The van der Waals surface area contributed by atoms with Crippen LogP contribution in [0.5, 0.6) is 0 Å². The average Bonchev–Trinajstić information content (AvgIpc) is 2.28. The van der Waals surface area contributed by atoms with Gasteiger partial charge in [-0.2, -0.15) is 0 Å². The van der Waals surface area contributed by atoms with Crippen LogP contribution in [0.15, 0.2) is 22.7 Å². The normalized spacial score (nSPS) is 19.3. The molecule has 1 aromatic carbocycles. The smallest absolute Gasteiger partial charge is 0.256 e. The summed E-state index contributed by atoms with van der Waals surface area (Å²) in [5.41, 5.74) is 5.92. The van der Waals surface area contributed by atoms with Crippen LogP contribution >= 0.6 is 28.3 Å². The van der Waals surface area contributed by atoms with Crippen LogP contribution in [0.25, 0.3) is 0 Å². The van der Waals surface area contributed by atoms with E-state index >= 15 is 0 Å². The van der Waals surface area contributed by atoms with Gasteiger partial charge >= 0.3 is 0 Å². The number of amides is 1. The number of benzene rings is 1. The van der Waals surface area contributed by atoms with Gasteiger partial charge in [-0.3, -0.25) is 4.79 Å². The van der Waals surface area contributed by atoms with E-state index < -0.39 is 5.82 Å². The Morgan fingerprint density at radius 3 is 2.83 bits per heavy atom. The molecule has 1 heterocycles. The van der Waals surface area contributed by atoms with Gasteiger partial charge in [0.15, 0.2) is 0 Å². The van der Waals surface area contributed by atoms with Crippen molar-refractivity contribution in [1.29, 1.82) is 0 Å². The summed E-state index contributed by atoms with van der Waals surface area (Å²) in [6, 6.07) is 4.48. The van der Waals surface area contributed by atoms with Gasteiger partial charge in [0.1, 0.15) is 5.82 Å². The zero-order chi connectivity index (χ0) is 12.4. The van der Waals surface area contributed by atoms with Gasteiger partial charge in [-0.25, -0.2) is 4.39 Å². The minimum atomic E-state index is -0.497. The van der Waals surface area contributed by atoms with Crippen molar-refractivity contribution in [3.63, 3.8) is 0 Å². The van der Waals surface area contributed by atoms with Crippen LogP contribution in [-0.2, 0) is 0 Å².